The average molecular weight is 477 g/mol. The third-order valence-corrected chi connectivity index (χ3v) is 5.83. The molecule has 1 saturated heterocycles. The molecule has 1 aliphatic heterocycles. The molecule has 2 aromatic carbocycles. The number of rotatable bonds is 7. The third-order valence-electron chi connectivity index (χ3n) is 5.83. The second-order valence-corrected chi connectivity index (χ2v) is 8.39. The van der Waals surface area contributed by atoms with E-state index in [1.165, 1.54) is 18.5 Å². The van der Waals surface area contributed by atoms with Gasteiger partial charge >= 0.3 is 6.09 Å². The molecule has 5 rings (SSSR count). The van der Waals surface area contributed by atoms with Crippen molar-refractivity contribution in [2.75, 3.05) is 23.9 Å². The van der Waals surface area contributed by atoms with Gasteiger partial charge in [0.15, 0.2) is 17.0 Å². The smallest absolute Gasteiger partial charge is 0.411 e. The average Bonchev–Trinajstić information content (AvgIpc) is 3.50. The lowest BCUT2D eigenvalue weighted by atomic mass is 10.2. The van der Waals surface area contributed by atoms with Crippen LogP contribution in [-0.4, -0.2) is 45.4 Å². The second kappa shape index (κ2) is 10.1. The summed E-state index contributed by atoms with van der Waals surface area (Å²) < 4.78 is 26.9. The van der Waals surface area contributed by atoms with Crippen LogP contribution < -0.4 is 10.2 Å². The number of hydrogen-bond acceptors (Lipinski definition) is 7. The van der Waals surface area contributed by atoms with Crippen LogP contribution in [0.1, 0.15) is 24.6 Å². The quantitative estimate of drug-likeness (QED) is 0.419. The number of amides is 1. The first-order valence-corrected chi connectivity index (χ1v) is 11.3. The minimum Gasteiger partial charge on any atom is -0.447 e. The van der Waals surface area contributed by atoms with E-state index in [0.717, 1.165) is 18.4 Å². The first-order chi connectivity index (χ1) is 17.1. The van der Waals surface area contributed by atoms with Gasteiger partial charge in [0.05, 0.1) is 12.4 Å². The van der Waals surface area contributed by atoms with Crippen molar-refractivity contribution < 1.29 is 18.7 Å². The Morgan fingerprint density at radius 2 is 2.03 bits per heavy atom. The summed E-state index contributed by atoms with van der Waals surface area (Å²) in [5.74, 6) is 0.371. The number of nitrogens with zero attached hydrogens (tertiary/aromatic N) is 5. The third kappa shape index (κ3) is 5.22. The lowest BCUT2D eigenvalue weighted by molar-refractivity contribution is -0.0230. The first kappa shape index (κ1) is 22.7. The number of aromatic nitrogens is 4. The normalized spacial score (nSPS) is 17.4. The summed E-state index contributed by atoms with van der Waals surface area (Å²) in [6.45, 7) is 0.625. The molecule has 35 heavy (non-hydrogen) atoms. The zero-order valence-corrected chi connectivity index (χ0v) is 19.2. The van der Waals surface area contributed by atoms with Crippen LogP contribution in [0.3, 0.4) is 0 Å². The highest BCUT2D eigenvalue weighted by atomic mass is 19.1. The predicted octanol–water partition coefficient (Wildman–Crippen LogP) is 4.53. The summed E-state index contributed by atoms with van der Waals surface area (Å²) in [6.07, 6.45) is 3.63. The highest BCUT2D eigenvalue weighted by Gasteiger charge is 2.29. The van der Waals surface area contributed by atoms with Gasteiger partial charge in [-0.2, -0.15) is 0 Å². The number of nitrogens with one attached hydrogen (secondary N) is 1. The fraction of sp³-hybridized carbons (Fsp3) is 0.280. The fourth-order valence-electron chi connectivity index (χ4n) is 4.17. The van der Waals surface area contributed by atoms with Crippen LogP contribution >= 0.6 is 0 Å². The molecule has 0 saturated carbocycles. The maximum atomic E-state index is 13.6. The van der Waals surface area contributed by atoms with Gasteiger partial charge < -0.3 is 14.4 Å². The molecule has 0 radical (unpaired) electrons. The van der Waals surface area contributed by atoms with E-state index in [-0.39, 0.29) is 24.8 Å². The van der Waals surface area contributed by atoms with Crippen molar-refractivity contribution in [3.05, 3.63) is 78.6 Å². The van der Waals surface area contributed by atoms with Gasteiger partial charge in [-0.3, -0.25) is 9.88 Å². The Kier molecular flexibility index (Phi) is 6.53. The number of halogens is 1. The van der Waals surface area contributed by atoms with Crippen LogP contribution in [0.25, 0.3) is 11.2 Å². The molecule has 1 aliphatic rings. The van der Waals surface area contributed by atoms with E-state index in [9.17, 15) is 9.18 Å². The highest BCUT2D eigenvalue weighted by Crippen LogP contribution is 2.32. The number of carbonyl (C=O) groups is 1. The number of fused-ring (bicyclic) bond motifs is 1. The van der Waals surface area contributed by atoms with Crippen LogP contribution in [0, 0.1) is 5.82 Å². The van der Waals surface area contributed by atoms with Crippen LogP contribution in [0.5, 0.6) is 0 Å². The largest absolute Gasteiger partial charge is 0.447 e. The first-order valence-electron chi connectivity index (χ1n) is 11.3. The Balaban J connectivity index is 1.22. The Labute approximate surface area is 201 Å². The summed E-state index contributed by atoms with van der Waals surface area (Å²) in [4.78, 5) is 27.3. The maximum Gasteiger partial charge on any atom is 0.411 e. The molecule has 3 heterocycles. The molecule has 9 nitrogen and oxygen atoms in total. The summed E-state index contributed by atoms with van der Waals surface area (Å²) in [6, 6.07) is 15.6. The Hall–Kier alpha value is -4.05. The van der Waals surface area contributed by atoms with Gasteiger partial charge in [-0.25, -0.2) is 24.1 Å². The van der Waals surface area contributed by atoms with Crippen molar-refractivity contribution in [3.8, 4) is 0 Å². The molecule has 1 unspecified atom stereocenters. The van der Waals surface area contributed by atoms with Crippen molar-refractivity contribution >= 4 is 28.8 Å². The number of hydrogen-bond donors (Lipinski definition) is 1. The summed E-state index contributed by atoms with van der Waals surface area (Å²) in [5, 5.41) is 2.69. The molecule has 0 bridgehead atoms. The standard InChI is InChI=1S/C25H25FN6O3/c1-31(13-17-6-5-7-18(26)12-17)23-22-24(28-15-27-23)32(16-29-22)21-11-10-20(35-21)14-34-25(33)30-19-8-3-2-4-9-19/h2-9,12,15-16,20-21H,10-11,13-14H2,1H3,(H,30,33)/t20-,21?/m0/s1. The van der Waals surface area contributed by atoms with Gasteiger partial charge in [0.25, 0.3) is 0 Å². The van der Waals surface area contributed by atoms with Gasteiger partial charge in [0.1, 0.15) is 25.0 Å². The van der Waals surface area contributed by atoms with Crippen molar-refractivity contribution in [1.82, 2.24) is 19.5 Å². The van der Waals surface area contributed by atoms with E-state index in [2.05, 4.69) is 20.3 Å². The molecular formula is C25H25FN6O3. The molecular weight excluding hydrogens is 451 g/mol. The molecule has 1 fully saturated rings. The van der Waals surface area contributed by atoms with E-state index < -0.39 is 6.09 Å². The minimum absolute atomic E-state index is 0.151. The maximum absolute atomic E-state index is 13.6. The summed E-state index contributed by atoms with van der Waals surface area (Å²) in [7, 11) is 1.88. The Bertz CT molecular complexity index is 1320. The van der Waals surface area contributed by atoms with Gasteiger partial charge in [-0.05, 0) is 42.7 Å². The minimum atomic E-state index is -0.518. The topological polar surface area (TPSA) is 94.4 Å². The molecule has 2 atom stereocenters. The van der Waals surface area contributed by atoms with E-state index in [0.29, 0.717) is 29.2 Å². The van der Waals surface area contributed by atoms with E-state index in [1.807, 2.05) is 40.8 Å². The monoisotopic (exact) mass is 476 g/mol. The molecule has 10 heteroatoms. The molecule has 2 aromatic heterocycles. The number of para-hydroxylation sites is 1. The van der Waals surface area contributed by atoms with Crippen molar-refractivity contribution in [1.29, 1.82) is 0 Å². The lowest BCUT2D eigenvalue weighted by Gasteiger charge is -2.19. The number of carbonyl (C=O) groups excluding carboxylic acids is 1. The van der Waals surface area contributed by atoms with E-state index in [4.69, 9.17) is 9.47 Å². The van der Waals surface area contributed by atoms with Crippen molar-refractivity contribution in [3.63, 3.8) is 0 Å². The van der Waals surface area contributed by atoms with Gasteiger partial charge in [0, 0.05) is 19.3 Å². The van der Waals surface area contributed by atoms with Crippen LogP contribution in [-0.2, 0) is 16.0 Å². The number of benzene rings is 2. The molecule has 1 amide bonds. The zero-order chi connectivity index (χ0) is 24.2. The second-order valence-electron chi connectivity index (χ2n) is 8.39. The zero-order valence-electron chi connectivity index (χ0n) is 19.2. The SMILES string of the molecule is CN(Cc1cccc(F)c1)c1ncnc2c1ncn2C1CC[C@@H](COC(=O)Nc2ccccc2)O1. The molecule has 1 N–H and O–H groups in total. The van der Waals surface area contributed by atoms with Gasteiger partial charge in [-0.1, -0.05) is 30.3 Å². The fourth-order valence-corrected chi connectivity index (χ4v) is 4.17. The number of ether oxygens (including phenoxy) is 2. The molecule has 0 aliphatic carbocycles. The van der Waals surface area contributed by atoms with Crippen molar-refractivity contribution in [2.45, 2.75) is 31.7 Å². The predicted molar refractivity (Wildman–Crippen MR) is 128 cm³/mol. The van der Waals surface area contributed by atoms with Crippen LogP contribution in [0.15, 0.2) is 67.3 Å². The lowest BCUT2D eigenvalue weighted by Crippen LogP contribution is -2.22. The van der Waals surface area contributed by atoms with Gasteiger partial charge in [-0.15, -0.1) is 0 Å². The van der Waals surface area contributed by atoms with Crippen LogP contribution in [0.2, 0.25) is 0 Å². The van der Waals surface area contributed by atoms with Crippen molar-refractivity contribution in [2.24, 2.45) is 0 Å². The Morgan fingerprint density at radius 1 is 1.17 bits per heavy atom. The van der Waals surface area contributed by atoms with Crippen LogP contribution in [0.4, 0.5) is 20.7 Å². The summed E-state index contributed by atoms with van der Waals surface area (Å²) >= 11 is 0. The Morgan fingerprint density at radius 3 is 2.86 bits per heavy atom. The van der Waals surface area contributed by atoms with Gasteiger partial charge in [0.2, 0.25) is 0 Å². The number of imidazole rings is 1. The summed E-state index contributed by atoms with van der Waals surface area (Å²) in [5.41, 5.74) is 2.79. The number of anilines is 2. The molecule has 0 spiro atoms. The molecule has 180 valence electrons. The van der Waals surface area contributed by atoms with E-state index >= 15 is 0 Å². The van der Waals surface area contributed by atoms with E-state index in [1.54, 1.807) is 24.5 Å². The molecule has 4 aromatic rings. The highest BCUT2D eigenvalue weighted by molar-refractivity contribution is 5.84.